The Labute approximate surface area is 112 Å². The van der Waals surface area contributed by atoms with Crippen molar-refractivity contribution >= 4 is 0 Å². The molecule has 102 valence electrons. The van der Waals surface area contributed by atoms with E-state index in [0.717, 1.165) is 24.5 Å². The summed E-state index contributed by atoms with van der Waals surface area (Å²) in [6.45, 7) is 3.08. The molecular formula is C13H19N5O. The van der Waals surface area contributed by atoms with Crippen LogP contribution in [0.2, 0.25) is 0 Å². The number of hydrogen-bond acceptors (Lipinski definition) is 5. The standard InChI is InChI=1S/C13H19N5O/c1-4-6-18-7-5-15-13(18)12(14-2)10-8-11(19-3)17-9-16-10/h5,7-9,12,14H,4,6H2,1-3H3. The number of rotatable bonds is 6. The monoisotopic (exact) mass is 261 g/mol. The molecule has 1 atom stereocenters. The van der Waals surface area contributed by atoms with Crippen molar-refractivity contribution in [3.8, 4) is 5.88 Å². The van der Waals surface area contributed by atoms with Crippen molar-refractivity contribution in [2.75, 3.05) is 14.2 Å². The second-order valence-corrected chi connectivity index (χ2v) is 4.19. The van der Waals surface area contributed by atoms with Crippen LogP contribution in [0, 0.1) is 0 Å². The second-order valence-electron chi connectivity index (χ2n) is 4.19. The Morgan fingerprint density at radius 1 is 1.37 bits per heavy atom. The van der Waals surface area contributed by atoms with Crippen LogP contribution in [0.3, 0.4) is 0 Å². The van der Waals surface area contributed by atoms with Crippen molar-refractivity contribution in [3.63, 3.8) is 0 Å². The van der Waals surface area contributed by atoms with Gasteiger partial charge >= 0.3 is 0 Å². The first-order chi connectivity index (χ1) is 9.30. The van der Waals surface area contributed by atoms with E-state index in [9.17, 15) is 0 Å². The van der Waals surface area contributed by atoms with Gasteiger partial charge in [-0.05, 0) is 13.5 Å². The molecular weight excluding hydrogens is 242 g/mol. The predicted octanol–water partition coefficient (Wildman–Crippen LogP) is 1.40. The highest BCUT2D eigenvalue weighted by Gasteiger charge is 2.19. The van der Waals surface area contributed by atoms with E-state index in [2.05, 4.69) is 31.8 Å². The van der Waals surface area contributed by atoms with Crippen LogP contribution in [-0.4, -0.2) is 33.7 Å². The van der Waals surface area contributed by atoms with E-state index in [4.69, 9.17) is 4.74 Å². The number of hydrogen-bond donors (Lipinski definition) is 1. The van der Waals surface area contributed by atoms with Crippen molar-refractivity contribution in [3.05, 3.63) is 36.3 Å². The lowest BCUT2D eigenvalue weighted by Gasteiger charge is -2.17. The van der Waals surface area contributed by atoms with Gasteiger partial charge in [-0.2, -0.15) is 0 Å². The van der Waals surface area contributed by atoms with Crippen molar-refractivity contribution < 1.29 is 4.74 Å². The maximum absolute atomic E-state index is 5.14. The van der Waals surface area contributed by atoms with E-state index in [0.29, 0.717) is 5.88 Å². The molecule has 2 aromatic rings. The molecule has 2 rings (SSSR count). The summed E-state index contributed by atoms with van der Waals surface area (Å²) in [6.07, 6.45) is 6.37. The summed E-state index contributed by atoms with van der Waals surface area (Å²) in [5.74, 6) is 1.50. The largest absolute Gasteiger partial charge is 0.481 e. The number of aryl methyl sites for hydroxylation is 1. The van der Waals surface area contributed by atoms with Gasteiger partial charge in [0.1, 0.15) is 18.2 Å². The zero-order chi connectivity index (χ0) is 13.7. The third-order valence-electron chi connectivity index (χ3n) is 2.93. The summed E-state index contributed by atoms with van der Waals surface area (Å²) in [7, 11) is 3.49. The normalized spacial score (nSPS) is 12.4. The van der Waals surface area contributed by atoms with Crippen molar-refractivity contribution in [1.29, 1.82) is 0 Å². The van der Waals surface area contributed by atoms with Gasteiger partial charge in [0.25, 0.3) is 0 Å². The third kappa shape index (κ3) is 2.90. The average Bonchev–Trinajstić information content (AvgIpc) is 2.89. The lowest BCUT2D eigenvalue weighted by atomic mass is 10.2. The molecule has 0 fully saturated rings. The van der Waals surface area contributed by atoms with Gasteiger partial charge < -0.3 is 14.6 Å². The SMILES string of the molecule is CCCn1ccnc1C(NC)c1cc(OC)ncn1. The molecule has 0 radical (unpaired) electrons. The predicted molar refractivity (Wildman–Crippen MR) is 72.0 cm³/mol. The van der Waals surface area contributed by atoms with Gasteiger partial charge in [0.05, 0.1) is 12.8 Å². The quantitative estimate of drug-likeness (QED) is 0.851. The van der Waals surface area contributed by atoms with Gasteiger partial charge in [-0.15, -0.1) is 0 Å². The molecule has 6 nitrogen and oxygen atoms in total. The lowest BCUT2D eigenvalue weighted by Crippen LogP contribution is -2.23. The van der Waals surface area contributed by atoms with E-state index in [1.165, 1.54) is 6.33 Å². The minimum atomic E-state index is -0.0709. The van der Waals surface area contributed by atoms with E-state index < -0.39 is 0 Å². The minimum absolute atomic E-state index is 0.0709. The topological polar surface area (TPSA) is 64.9 Å². The molecule has 2 heterocycles. The first-order valence-electron chi connectivity index (χ1n) is 6.34. The van der Waals surface area contributed by atoms with E-state index >= 15 is 0 Å². The third-order valence-corrected chi connectivity index (χ3v) is 2.93. The number of ether oxygens (including phenoxy) is 1. The molecule has 6 heteroatoms. The molecule has 0 saturated heterocycles. The first kappa shape index (κ1) is 13.5. The highest BCUT2D eigenvalue weighted by Crippen LogP contribution is 2.20. The highest BCUT2D eigenvalue weighted by atomic mass is 16.5. The zero-order valence-electron chi connectivity index (χ0n) is 11.5. The molecule has 0 amide bonds. The van der Waals surface area contributed by atoms with Crippen LogP contribution < -0.4 is 10.1 Å². The lowest BCUT2D eigenvalue weighted by molar-refractivity contribution is 0.394. The van der Waals surface area contributed by atoms with Crippen molar-refractivity contribution in [2.24, 2.45) is 0 Å². The summed E-state index contributed by atoms with van der Waals surface area (Å²) >= 11 is 0. The van der Waals surface area contributed by atoms with E-state index in [1.807, 2.05) is 25.5 Å². The maximum atomic E-state index is 5.14. The Morgan fingerprint density at radius 3 is 2.89 bits per heavy atom. The Hall–Kier alpha value is -1.95. The number of imidazole rings is 1. The van der Waals surface area contributed by atoms with Gasteiger partial charge in [-0.1, -0.05) is 6.92 Å². The number of nitrogens with zero attached hydrogens (tertiary/aromatic N) is 4. The van der Waals surface area contributed by atoms with Crippen LogP contribution in [0.1, 0.15) is 30.9 Å². The fourth-order valence-electron chi connectivity index (χ4n) is 2.04. The van der Waals surface area contributed by atoms with Crippen LogP contribution in [-0.2, 0) is 6.54 Å². The second kappa shape index (κ2) is 6.29. The van der Waals surface area contributed by atoms with E-state index in [-0.39, 0.29) is 6.04 Å². The molecule has 19 heavy (non-hydrogen) atoms. The Balaban J connectivity index is 2.35. The molecule has 0 aromatic carbocycles. The summed E-state index contributed by atoms with van der Waals surface area (Å²) in [5, 5.41) is 3.24. The van der Waals surface area contributed by atoms with Crippen molar-refractivity contribution in [2.45, 2.75) is 25.9 Å². The van der Waals surface area contributed by atoms with Gasteiger partial charge in [0.15, 0.2) is 0 Å². The van der Waals surface area contributed by atoms with Crippen LogP contribution in [0.25, 0.3) is 0 Å². The van der Waals surface area contributed by atoms with Crippen LogP contribution in [0.15, 0.2) is 24.8 Å². The molecule has 0 aliphatic rings. The van der Waals surface area contributed by atoms with Gasteiger partial charge in [0.2, 0.25) is 5.88 Å². The van der Waals surface area contributed by atoms with Gasteiger partial charge in [0, 0.05) is 25.0 Å². The summed E-state index contributed by atoms with van der Waals surface area (Å²) in [6, 6.07) is 1.75. The number of methoxy groups -OCH3 is 1. The van der Waals surface area contributed by atoms with E-state index in [1.54, 1.807) is 7.11 Å². The van der Waals surface area contributed by atoms with Gasteiger partial charge in [-0.3, -0.25) is 0 Å². The maximum Gasteiger partial charge on any atom is 0.216 e. The molecule has 0 aliphatic carbocycles. The summed E-state index contributed by atoms with van der Waals surface area (Å²) < 4.78 is 7.27. The number of aromatic nitrogens is 4. The zero-order valence-corrected chi connectivity index (χ0v) is 11.5. The fraction of sp³-hybridized carbons (Fsp3) is 0.462. The Kier molecular flexibility index (Phi) is 4.46. The van der Waals surface area contributed by atoms with Crippen LogP contribution >= 0.6 is 0 Å². The molecule has 0 aliphatic heterocycles. The Bertz CT molecular complexity index is 525. The summed E-state index contributed by atoms with van der Waals surface area (Å²) in [5.41, 5.74) is 0.845. The van der Waals surface area contributed by atoms with Crippen molar-refractivity contribution in [1.82, 2.24) is 24.8 Å². The minimum Gasteiger partial charge on any atom is -0.481 e. The molecule has 0 bridgehead atoms. The van der Waals surface area contributed by atoms with Crippen LogP contribution in [0.4, 0.5) is 0 Å². The molecule has 1 N–H and O–H groups in total. The molecule has 1 unspecified atom stereocenters. The molecule has 0 saturated carbocycles. The first-order valence-corrected chi connectivity index (χ1v) is 6.34. The summed E-state index contributed by atoms with van der Waals surface area (Å²) in [4.78, 5) is 12.8. The molecule has 2 aromatic heterocycles. The Morgan fingerprint density at radius 2 is 2.21 bits per heavy atom. The smallest absolute Gasteiger partial charge is 0.216 e. The average molecular weight is 261 g/mol. The number of nitrogens with one attached hydrogen (secondary N) is 1. The fourth-order valence-corrected chi connectivity index (χ4v) is 2.04. The molecule has 0 spiro atoms. The van der Waals surface area contributed by atoms with Crippen LogP contribution in [0.5, 0.6) is 5.88 Å². The highest BCUT2D eigenvalue weighted by molar-refractivity contribution is 5.22. The van der Waals surface area contributed by atoms with Gasteiger partial charge in [-0.25, -0.2) is 15.0 Å².